The summed E-state index contributed by atoms with van der Waals surface area (Å²) in [5.41, 5.74) is 0.639. The van der Waals surface area contributed by atoms with Crippen molar-refractivity contribution in [2.75, 3.05) is 0 Å². The summed E-state index contributed by atoms with van der Waals surface area (Å²) >= 11 is 6.41. The Labute approximate surface area is 74.9 Å². The van der Waals surface area contributed by atoms with Crippen molar-refractivity contribution in [1.82, 2.24) is 4.98 Å². The van der Waals surface area contributed by atoms with Crippen LogP contribution in [0.15, 0.2) is 18.2 Å². The van der Waals surface area contributed by atoms with Gasteiger partial charge in [-0.2, -0.15) is 4.39 Å². The lowest BCUT2D eigenvalue weighted by Gasteiger charge is -1.98. The van der Waals surface area contributed by atoms with Crippen LogP contribution in [-0.4, -0.2) is 4.98 Å². The van der Waals surface area contributed by atoms with Gasteiger partial charge in [-0.05, 0) is 12.1 Å². The van der Waals surface area contributed by atoms with E-state index < -0.39 is 5.95 Å². The molecule has 0 aliphatic heterocycles. The summed E-state index contributed by atoms with van der Waals surface area (Å²) in [6, 6.07) is 4.66. The van der Waals surface area contributed by atoms with Gasteiger partial charge < -0.3 is 0 Å². The number of halogens is 3. The molecule has 0 spiro atoms. The van der Waals surface area contributed by atoms with Crippen molar-refractivity contribution in [1.29, 1.82) is 0 Å². The maximum atomic E-state index is 12.4. The van der Waals surface area contributed by atoms with Crippen molar-refractivity contribution in [3.8, 4) is 0 Å². The highest BCUT2D eigenvalue weighted by atomic mass is 79.9. The third-order valence-electron chi connectivity index (χ3n) is 0.960. The zero-order valence-corrected chi connectivity index (χ0v) is 8.06. The van der Waals surface area contributed by atoms with Crippen LogP contribution in [0.25, 0.3) is 0 Å². The summed E-state index contributed by atoms with van der Waals surface area (Å²) in [5, 5.41) is 0. The fourth-order valence-corrected chi connectivity index (χ4v) is 1.06. The molecule has 0 unspecified atom stereocenters. The Hall–Kier alpha value is 0.0400. The van der Waals surface area contributed by atoms with E-state index in [2.05, 4.69) is 36.8 Å². The molecule has 54 valence electrons. The minimum absolute atomic E-state index is 0.0734. The zero-order valence-electron chi connectivity index (χ0n) is 4.89. The molecule has 1 aromatic rings. The van der Waals surface area contributed by atoms with E-state index in [1.165, 1.54) is 6.07 Å². The molecule has 0 N–H and O–H groups in total. The Morgan fingerprint density at radius 1 is 1.40 bits per heavy atom. The maximum Gasteiger partial charge on any atom is 0.213 e. The van der Waals surface area contributed by atoms with Crippen LogP contribution >= 0.6 is 31.9 Å². The van der Waals surface area contributed by atoms with Crippen molar-refractivity contribution < 1.29 is 4.39 Å². The molecule has 0 bridgehead atoms. The van der Waals surface area contributed by atoms with Gasteiger partial charge in [-0.1, -0.05) is 37.9 Å². The molecular formula is C6H4Br2FN. The number of nitrogens with zero attached hydrogens (tertiary/aromatic N) is 1. The van der Waals surface area contributed by atoms with Crippen LogP contribution in [0.1, 0.15) is 9.43 Å². The second kappa shape index (κ2) is 3.44. The van der Waals surface area contributed by atoms with E-state index in [9.17, 15) is 4.39 Å². The van der Waals surface area contributed by atoms with Gasteiger partial charge in [0.05, 0.1) is 5.69 Å². The molecule has 0 aliphatic carbocycles. The molecule has 10 heavy (non-hydrogen) atoms. The lowest BCUT2D eigenvalue weighted by atomic mass is 10.4. The van der Waals surface area contributed by atoms with Gasteiger partial charge in [0.1, 0.15) is 3.74 Å². The Bertz CT molecular complexity index is 227. The van der Waals surface area contributed by atoms with Gasteiger partial charge in [0.15, 0.2) is 0 Å². The first-order chi connectivity index (χ1) is 4.70. The predicted octanol–water partition coefficient (Wildman–Crippen LogP) is 3.01. The molecule has 0 saturated heterocycles. The third kappa shape index (κ3) is 2.02. The maximum absolute atomic E-state index is 12.4. The van der Waals surface area contributed by atoms with E-state index >= 15 is 0 Å². The molecule has 0 aromatic carbocycles. The van der Waals surface area contributed by atoms with Crippen molar-refractivity contribution in [2.45, 2.75) is 3.74 Å². The van der Waals surface area contributed by atoms with E-state index in [4.69, 9.17) is 0 Å². The molecule has 4 heteroatoms. The fourth-order valence-electron chi connectivity index (χ4n) is 0.546. The van der Waals surface area contributed by atoms with Crippen LogP contribution in [0.2, 0.25) is 0 Å². The highest BCUT2D eigenvalue weighted by Gasteiger charge is 2.03. The standard InChI is InChI=1S/C6H4Br2FN/c7-6(8)4-2-1-3-5(9)10-4/h1-3,6H. The molecule has 0 radical (unpaired) electrons. The topological polar surface area (TPSA) is 12.9 Å². The van der Waals surface area contributed by atoms with E-state index in [1.807, 2.05) is 0 Å². The Morgan fingerprint density at radius 3 is 2.50 bits per heavy atom. The molecule has 0 saturated carbocycles. The van der Waals surface area contributed by atoms with Crippen LogP contribution < -0.4 is 0 Å². The summed E-state index contributed by atoms with van der Waals surface area (Å²) in [6.07, 6.45) is 0. The van der Waals surface area contributed by atoms with E-state index in [-0.39, 0.29) is 3.74 Å². The minimum Gasteiger partial charge on any atom is -0.223 e. The van der Waals surface area contributed by atoms with E-state index in [0.29, 0.717) is 5.69 Å². The predicted molar refractivity (Wildman–Crippen MR) is 44.8 cm³/mol. The van der Waals surface area contributed by atoms with Crippen LogP contribution in [-0.2, 0) is 0 Å². The number of hydrogen-bond donors (Lipinski definition) is 0. The first kappa shape index (κ1) is 8.14. The van der Waals surface area contributed by atoms with Gasteiger partial charge in [0.25, 0.3) is 0 Å². The van der Waals surface area contributed by atoms with Gasteiger partial charge >= 0.3 is 0 Å². The summed E-state index contributed by atoms with van der Waals surface area (Å²) in [5.74, 6) is -0.457. The first-order valence-electron chi connectivity index (χ1n) is 2.61. The molecular weight excluding hydrogens is 265 g/mol. The third-order valence-corrected chi connectivity index (χ3v) is 1.90. The largest absolute Gasteiger partial charge is 0.223 e. The van der Waals surface area contributed by atoms with E-state index in [0.717, 1.165) is 0 Å². The monoisotopic (exact) mass is 267 g/mol. The van der Waals surface area contributed by atoms with Gasteiger partial charge in [-0.25, -0.2) is 4.98 Å². The summed E-state index contributed by atoms with van der Waals surface area (Å²) in [4.78, 5) is 3.61. The van der Waals surface area contributed by atoms with Crippen molar-refractivity contribution in [3.05, 3.63) is 29.8 Å². The number of hydrogen-bond acceptors (Lipinski definition) is 1. The molecule has 0 atom stereocenters. The smallest absolute Gasteiger partial charge is 0.213 e. The van der Waals surface area contributed by atoms with Crippen LogP contribution in [0, 0.1) is 5.95 Å². The zero-order chi connectivity index (χ0) is 7.56. The lowest BCUT2D eigenvalue weighted by Crippen LogP contribution is -1.88. The molecule has 1 rings (SSSR count). The number of pyridine rings is 1. The van der Waals surface area contributed by atoms with Crippen molar-refractivity contribution >= 4 is 31.9 Å². The highest BCUT2D eigenvalue weighted by Crippen LogP contribution is 2.26. The van der Waals surface area contributed by atoms with E-state index in [1.54, 1.807) is 12.1 Å². The van der Waals surface area contributed by atoms with Crippen LogP contribution in [0.4, 0.5) is 4.39 Å². The molecule has 1 nitrogen and oxygen atoms in total. The van der Waals surface area contributed by atoms with Gasteiger partial charge in [-0.15, -0.1) is 0 Å². The average Bonchev–Trinajstić information content (AvgIpc) is 1.88. The van der Waals surface area contributed by atoms with Gasteiger partial charge in [-0.3, -0.25) is 0 Å². The Kier molecular flexibility index (Phi) is 2.80. The summed E-state index contributed by atoms with van der Waals surface area (Å²) in [7, 11) is 0. The highest BCUT2D eigenvalue weighted by molar-refractivity contribution is 9.24. The van der Waals surface area contributed by atoms with Crippen molar-refractivity contribution in [2.24, 2.45) is 0 Å². The fraction of sp³-hybridized carbons (Fsp3) is 0.167. The summed E-state index contributed by atoms with van der Waals surface area (Å²) < 4.78 is 12.3. The molecule has 0 amide bonds. The lowest BCUT2D eigenvalue weighted by molar-refractivity contribution is 0.579. The molecule has 0 fully saturated rings. The van der Waals surface area contributed by atoms with Gasteiger partial charge in [0.2, 0.25) is 5.95 Å². The Balaban J connectivity index is 2.96. The Morgan fingerprint density at radius 2 is 2.10 bits per heavy atom. The van der Waals surface area contributed by atoms with Crippen LogP contribution in [0.3, 0.4) is 0 Å². The molecule has 1 heterocycles. The summed E-state index contributed by atoms with van der Waals surface area (Å²) in [6.45, 7) is 0. The number of alkyl halides is 2. The quantitative estimate of drug-likeness (QED) is 0.564. The van der Waals surface area contributed by atoms with Crippen molar-refractivity contribution in [3.63, 3.8) is 0 Å². The normalized spacial score (nSPS) is 10.4. The van der Waals surface area contributed by atoms with Crippen LogP contribution in [0.5, 0.6) is 0 Å². The number of aromatic nitrogens is 1. The second-order valence-corrected chi connectivity index (χ2v) is 4.75. The molecule has 0 aliphatic rings. The van der Waals surface area contributed by atoms with Gasteiger partial charge in [0, 0.05) is 0 Å². The number of rotatable bonds is 1. The second-order valence-electron chi connectivity index (χ2n) is 1.69. The average molecular weight is 269 g/mol. The minimum atomic E-state index is -0.457. The first-order valence-corrected chi connectivity index (χ1v) is 4.44. The SMILES string of the molecule is Fc1cccc(C(Br)Br)n1. The molecule has 1 aromatic heterocycles.